The second-order valence-electron chi connectivity index (χ2n) is 5.70. The number of nitrogens with one attached hydrogen (secondary N) is 1. The van der Waals surface area contributed by atoms with Crippen molar-refractivity contribution in [1.82, 2.24) is 10.2 Å². The molecule has 0 spiro atoms. The highest BCUT2D eigenvalue weighted by atomic mass is 31.2. The van der Waals surface area contributed by atoms with Gasteiger partial charge in [-0.15, -0.1) is 0 Å². The summed E-state index contributed by atoms with van der Waals surface area (Å²) in [6.07, 6.45) is -0.217. The molecule has 1 aliphatic rings. The number of carboxylic acid groups (broad SMARTS) is 1. The summed E-state index contributed by atoms with van der Waals surface area (Å²) in [6, 6.07) is -0.624. The van der Waals surface area contributed by atoms with Crippen molar-refractivity contribution in [2.75, 3.05) is 25.6 Å². The number of aliphatic carboxylic acids is 1. The van der Waals surface area contributed by atoms with E-state index in [1.807, 2.05) is 13.8 Å². The van der Waals surface area contributed by atoms with Gasteiger partial charge in [0.25, 0.3) is 5.91 Å². The zero-order valence-corrected chi connectivity index (χ0v) is 14.0. The summed E-state index contributed by atoms with van der Waals surface area (Å²) in [5.41, 5.74) is 0. The molecule has 1 unspecified atom stereocenters. The number of carbonyl (C=O) groups excluding carboxylic acids is 2. The van der Waals surface area contributed by atoms with Crippen LogP contribution >= 0.6 is 7.37 Å². The fraction of sp³-hybridized carbons (Fsp3) is 0.769. The minimum atomic E-state index is -3.45. The van der Waals surface area contributed by atoms with Gasteiger partial charge in [-0.3, -0.25) is 19.1 Å². The van der Waals surface area contributed by atoms with E-state index in [1.165, 1.54) is 0 Å². The van der Waals surface area contributed by atoms with Crippen molar-refractivity contribution in [2.45, 2.75) is 27.2 Å². The Morgan fingerprint density at radius 3 is 2.50 bits per heavy atom. The summed E-state index contributed by atoms with van der Waals surface area (Å²) in [5, 5.41) is 11.6. The SMILES string of the molecule is CCOP(=O)(C[C@@H](CC(C)C)C(=O)O)CN1C(=O)CNC1=O. The smallest absolute Gasteiger partial charge is 0.325 e. The Labute approximate surface area is 129 Å². The van der Waals surface area contributed by atoms with Gasteiger partial charge in [0.15, 0.2) is 0 Å². The maximum Gasteiger partial charge on any atom is 0.325 e. The standard InChI is InChI=1S/C13H23N2O6P/c1-4-21-22(20,7-10(12(17)18)5-9(2)3)8-15-11(16)6-14-13(15)19/h9-10H,4-8H2,1-3H3,(H,14,19)(H,17,18)/t10-,22?/m1/s1. The average molecular weight is 334 g/mol. The van der Waals surface area contributed by atoms with Crippen molar-refractivity contribution in [3.05, 3.63) is 0 Å². The lowest BCUT2D eigenvalue weighted by molar-refractivity contribution is -0.141. The zero-order chi connectivity index (χ0) is 16.9. The van der Waals surface area contributed by atoms with Gasteiger partial charge < -0.3 is 14.9 Å². The molecule has 3 amide bonds. The van der Waals surface area contributed by atoms with E-state index in [0.717, 1.165) is 4.90 Å². The normalized spacial score (nSPS) is 19.2. The molecular weight excluding hydrogens is 311 g/mol. The molecule has 0 bridgehead atoms. The van der Waals surface area contributed by atoms with Crippen molar-refractivity contribution in [1.29, 1.82) is 0 Å². The Kier molecular flexibility index (Phi) is 6.56. The van der Waals surface area contributed by atoms with Crippen LogP contribution in [0, 0.1) is 11.8 Å². The van der Waals surface area contributed by atoms with Crippen LogP contribution in [-0.2, 0) is 18.7 Å². The average Bonchev–Trinajstić information content (AvgIpc) is 2.69. The number of amides is 3. The molecule has 0 aliphatic carbocycles. The lowest BCUT2D eigenvalue weighted by Crippen LogP contribution is -2.34. The fourth-order valence-corrected chi connectivity index (χ4v) is 4.83. The Hall–Kier alpha value is -1.40. The third-order valence-corrected chi connectivity index (χ3v) is 5.70. The molecule has 1 heterocycles. The highest BCUT2D eigenvalue weighted by Gasteiger charge is 2.39. The lowest BCUT2D eigenvalue weighted by Gasteiger charge is -2.25. The van der Waals surface area contributed by atoms with Gasteiger partial charge in [0.1, 0.15) is 6.29 Å². The number of urea groups is 1. The first-order chi connectivity index (χ1) is 10.2. The molecule has 0 aromatic rings. The van der Waals surface area contributed by atoms with Crippen LogP contribution in [0.1, 0.15) is 27.2 Å². The van der Waals surface area contributed by atoms with E-state index < -0.39 is 31.2 Å². The number of hydrogen-bond donors (Lipinski definition) is 2. The second kappa shape index (κ2) is 7.74. The number of imide groups is 1. The van der Waals surface area contributed by atoms with Crippen LogP contribution < -0.4 is 5.32 Å². The maximum absolute atomic E-state index is 12.9. The summed E-state index contributed by atoms with van der Waals surface area (Å²) < 4.78 is 18.2. The van der Waals surface area contributed by atoms with Gasteiger partial charge in [0.2, 0.25) is 7.37 Å². The quantitative estimate of drug-likeness (QED) is 0.489. The van der Waals surface area contributed by atoms with Crippen molar-refractivity contribution >= 4 is 25.3 Å². The summed E-state index contributed by atoms with van der Waals surface area (Å²) in [6.45, 7) is 5.36. The third kappa shape index (κ3) is 5.10. The van der Waals surface area contributed by atoms with Crippen LogP contribution in [0.15, 0.2) is 0 Å². The van der Waals surface area contributed by atoms with Crippen molar-refractivity contribution in [3.8, 4) is 0 Å². The number of nitrogens with zero attached hydrogens (tertiary/aromatic N) is 1. The Bertz CT molecular complexity index is 477. The lowest BCUT2D eigenvalue weighted by atomic mass is 9.99. The zero-order valence-electron chi connectivity index (χ0n) is 13.1. The number of hydrogen-bond acceptors (Lipinski definition) is 5. The molecule has 1 saturated heterocycles. The minimum absolute atomic E-state index is 0.118. The third-order valence-electron chi connectivity index (χ3n) is 3.26. The molecule has 0 saturated carbocycles. The van der Waals surface area contributed by atoms with Crippen LogP contribution in [0.25, 0.3) is 0 Å². The van der Waals surface area contributed by atoms with Crippen LogP contribution in [0.2, 0.25) is 0 Å². The predicted molar refractivity (Wildman–Crippen MR) is 79.8 cm³/mol. The Morgan fingerprint density at radius 2 is 2.09 bits per heavy atom. The van der Waals surface area contributed by atoms with Crippen LogP contribution in [0.4, 0.5) is 4.79 Å². The molecule has 0 aromatic heterocycles. The van der Waals surface area contributed by atoms with E-state index in [9.17, 15) is 24.1 Å². The number of rotatable bonds is 9. The van der Waals surface area contributed by atoms with Crippen LogP contribution in [0.5, 0.6) is 0 Å². The van der Waals surface area contributed by atoms with Crippen LogP contribution in [-0.4, -0.2) is 53.5 Å². The Balaban J connectivity index is 2.89. The molecule has 1 aliphatic heterocycles. The highest BCUT2D eigenvalue weighted by molar-refractivity contribution is 7.59. The molecule has 1 rings (SSSR count). The van der Waals surface area contributed by atoms with Gasteiger partial charge in [-0.05, 0) is 19.3 Å². The molecule has 1 fully saturated rings. The highest BCUT2D eigenvalue weighted by Crippen LogP contribution is 2.50. The molecule has 126 valence electrons. The summed E-state index contributed by atoms with van der Waals surface area (Å²) in [5.74, 6) is -2.25. The van der Waals surface area contributed by atoms with Crippen molar-refractivity contribution in [3.63, 3.8) is 0 Å². The predicted octanol–water partition coefficient (Wildman–Crippen LogP) is 1.56. The van der Waals surface area contributed by atoms with Crippen molar-refractivity contribution in [2.24, 2.45) is 11.8 Å². The monoisotopic (exact) mass is 334 g/mol. The molecule has 22 heavy (non-hydrogen) atoms. The molecule has 0 aromatic carbocycles. The first kappa shape index (κ1) is 18.6. The number of carbonyl (C=O) groups is 3. The topological polar surface area (TPSA) is 113 Å². The first-order valence-electron chi connectivity index (χ1n) is 7.22. The number of carboxylic acids is 1. The van der Waals surface area contributed by atoms with Crippen molar-refractivity contribution < 1.29 is 28.6 Å². The van der Waals surface area contributed by atoms with Gasteiger partial charge >= 0.3 is 12.0 Å². The summed E-state index contributed by atoms with van der Waals surface area (Å²) in [4.78, 5) is 35.4. The van der Waals surface area contributed by atoms with Gasteiger partial charge in [-0.2, -0.15) is 0 Å². The molecule has 9 heteroatoms. The van der Waals surface area contributed by atoms with E-state index >= 15 is 0 Å². The maximum atomic E-state index is 12.9. The van der Waals surface area contributed by atoms with E-state index in [1.54, 1.807) is 6.92 Å². The largest absolute Gasteiger partial charge is 0.481 e. The molecule has 8 nitrogen and oxygen atoms in total. The second-order valence-corrected chi connectivity index (χ2v) is 8.24. The van der Waals surface area contributed by atoms with Gasteiger partial charge in [0.05, 0.1) is 19.1 Å². The van der Waals surface area contributed by atoms with E-state index in [0.29, 0.717) is 6.42 Å². The van der Waals surface area contributed by atoms with Gasteiger partial charge in [0, 0.05) is 6.16 Å². The van der Waals surface area contributed by atoms with E-state index in [2.05, 4.69) is 5.32 Å². The van der Waals surface area contributed by atoms with Crippen LogP contribution in [0.3, 0.4) is 0 Å². The first-order valence-corrected chi connectivity index (χ1v) is 9.21. The molecule has 2 atom stereocenters. The molecule has 0 radical (unpaired) electrons. The molecular formula is C13H23N2O6P. The van der Waals surface area contributed by atoms with E-state index in [4.69, 9.17) is 4.52 Å². The fourth-order valence-electron chi connectivity index (χ4n) is 2.36. The summed E-state index contributed by atoms with van der Waals surface area (Å²) in [7, 11) is -3.45. The minimum Gasteiger partial charge on any atom is -0.481 e. The Morgan fingerprint density at radius 1 is 1.45 bits per heavy atom. The van der Waals surface area contributed by atoms with Gasteiger partial charge in [-0.1, -0.05) is 13.8 Å². The van der Waals surface area contributed by atoms with E-state index in [-0.39, 0.29) is 31.5 Å². The van der Waals surface area contributed by atoms with Gasteiger partial charge in [-0.25, -0.2) is 4.79 Å². The molecule has 2 N–H and O–H groups in total. The summed E-state index contributed by atoms with van der Waals surface area (Å²) >= 11 is 0.